The Balaban J connectivity index is 2.03. The number of aromatic nitrogens is 2. The van der Waals surface area contributed by atoms with Gasteiger partial charge in [0.05, 0.1) is 5.39 Å². The predicted octanol–water partition coefficient (Wildman–Crippen LogP) is 3.82. The smallest absolute Gasteiger partial charge is 0.138 e. The lowest BCUT2D eigenvalue weighted by atomic mass is 10.2. The maximum atomic E-state index is 5.91. The van der Waals surface area contributed by atoms with E-state index in [4.69, 9.17) is 11.6 Å². The van der Waals surface area contributed by atoms with E-state index in [2.05, 4.69) is 28.3 Å². The van der Waals surface area contributed by atoms with Crippen molar-refractivity contribution in [3.8, 4) is 0 Å². The van der Waals surface area contributed by atoms with Crippen LogP contribution in [-0.4, -0.2) is 21.9 Å². The van der Waals surface area contributed by atoms with Gasteiger partial charge in [0, 0.05) is 16.8 Å². The Morgan fingerprint density at radius 1 is 1.47 bits per heavy atom. The van der Waals surface area contributed by atoms with E-state index in [1.165, 1.54) is 4.88 Å². The number of fused-ring (bicyclic) bond motifs is 1. The molecule has 0 aliphatic carbocycles. The van der Waals surface area contributed by atoms with E-state index in [-0.39, 0.29) is 5.38 Å². The summed E-state index contributed by atoms with van der Waals surface area (Å²) in [4.78, 5) is 10.9. The van der Waals surface area contributed by atoms with Crippen molar-refractivity contribution in [2.24, 2.45) is 0 Å². The molecule has 1 N–H and O–H groups in total. The zero-order valence-electron chi connectivity index (χ0n) is 10.0. The second-order valence-corrected chi connectivity index (χ2v) is 6.13. The topological polar surface area (TPSA) is 37.8 Å². The first-order valence-electron chi connectivity index (χ1n) is 5.76. The summed E-state index contributed by atoms with van der Waals surface area (Å²) in [6.07, 6.45) is 3.69. The van der Waals surface area contributed by atoms with Gasteiger partial charge in [0.25, 0.3) is 0 Å². The number of nitrogens with one attached hydrogen (secondary N) is 1. The molecule has 0 saturated carbocycles. The highest BCUT2D eigenvalue weighted by molar-refractivity contribution is 7.18. The van der Waals surface area contributed by atoms with E-state index in [9.17, 15) is 0 Å². The Morgan fingerprint density at radius 2 is 2.29 bits per heavy atom. The minimum absolute atomic E-state index is 0.241. The first-order valence-corrected chi connectivity index (χ1v) is 7.01. The van der Waals surface area contributed by atoms with Gasteiger partial charge in [-0.05, 0) is 32.8 Å². The monoisotopic (exact) mass is 269 g/mol. The van der Waals surface area contributed by atoms with E-state index in [0.29, 0.717) is 0 Å². The molecule has 17 heavy (non-hydrogen) atoms. The van der Waals surface area contributed by atoms with Crippen molar-refractivity contribution in [2.75, 3.05) is 11.9 Å². The molecule has 0 radical (unpaired) electrons. The molecule has 0 bridgehead atoms. The zero-order chi connectivity index (χ0) is 12.3. The first kappa shape index (κ1) is 12.6. The number of aryl methyl sites for hydroxylation is 1. The third-order valence-electron chi connectivity index (χ3n) is 2.52. The van der Waals surface area contributed by atoms with Crippen LogP contribution in [-0.2, 0) is 0 Å². The average molecular weight is 270 g/mol. The SMILES string of the molecule is Cc1cc2c(NCCCC(C)Cl)ncnc2s1. The zero-order valence-corrected chi connectivity index (χ0v) is 11.6. The molecule has 0 aliphatic heterocycles. The van der Waals surface area contributed by atoms with Crippen LogP contribution in [0.25, 0.3) is 10.2 Å². The van der Waals surface area contributed by atoms with Crippen LogP contribution >= 0.6 is 22.9 Å². The Kier molecular flexibility index (Phi) is 4.18. The van der Waals surface area contributed by atoms with E-state index in [0.717, 1.165) is 35.4 Å². The second kappa shape index (κ2) is 5.65. The normalized spacial score (nSPS) is 12.9. The van der Waals surface area contributed by atoms with Gasteiger partial charge in [-0.2, -0.15) is 0 Å². The number of hydrogen-bond acceptors (Lipinski definition) is 4. The molecular formula is C12H16ClN3S. The first-order chi connectivity index (χ1) is 8.16. The minimum Gasteiger partial charge on any atom is -0.369 e. The van der Waals surface area contributed by atoms with Gasteiger partial charge in [-0.25, -0.2) is 9.97 Å². The highest BCUT2D eigenvalue weighted by atomic mass is 35.5. The van der Waals surface area contributed by atoms with Gasteiger partial charge in [-0.3, -0.25) is 0 Å². The summed E-state index contributed by atoms with van der Waals surface area (Å²) in [5, 5.41) is 4.71. The molecule has 2 aromatic rings. The van der Waals surface area contributed by atoms with Crippen molar-refractivity contribution >= 4 is 39.0 Å². The van der Waals surface area contributed by atoms with E-state index < -0.39 is 0 Å². The fourth-order valence-electron chi connectivity index (χ4n) is 1.71. The molecule has 0 aliphatic rings. The number of anilines is 1. The van der Waals surface area contributed by atoms with Crippen molar-refractivity contribution in [2.45, 2.75) is 32.1 Å². The second-order valence-electron chi connectivity index (χ2n) is 4.15. The molecule has 0 fully saturated rings. The van der Waals surface area contributed by atoms with Gasteiger partial charge in [0.2, 0.25) is 0 Å². The van der Waals surface area contributed by atoms with Crippen LogP contribution in [0.3, 0.4) is 0 Å². The fraction of sp³-hybridized carbons (Fsp3) is 0.500. The third-order valence-corrected chi connectivity index (χ3v) is 3.70. The van der Waals surface area contributed by atoms with Gasteiger partial charge in [-0.15, -0.1) is 22.9 Å². The van der Waals surface area contributed by atoms with Crippen LogP contribution in [0.15, 0.2) is 12.4 Å². The Bertz CT molecular complexity index is 495. The van der Waals surface area contributed by atoms with E-state index in [1.807, 2.05) is 6.92 Å². The molecule has 1 atom stereocenters. The summed E-state index contributed by atoms with van der Waals surface area (Å²) in [7, 11) is 0. The lowest BCUT2D eigenvalue weighted by molar-refractivity contribution is 0.749. The Hall–Kier alpha value is -0.870. The number of hydrogen-bond donors (Lipinski definition) is 1. The lowest BCUT2D eigenvalue weighted by Gasteiger charge is -2.06. The molecular weight excluding hydrogens is 254 g/mol. The number of nitrogens with zero attached hydrogens (tertiary/aromatic N) is 2. The van der Waals surface area contributed by atoms with Gasteiger partial charge in [0.1, 0.15) is 17.0 Å². The molecule has 3 nitrogen and oxygen atoms in total. The average Bonchev–Trinajstić information content (AvgIpc) is 2.65. The molecule has 2 heterocycles. The maximum absolute atomic E-state index is 5.91. The van der Waals surface area contributed by atoms with Crippen molar-refractivity contribution in [1.29, 1.82) is 0 Å². The van der Waals surface area contributed by atoms with Crippen molar-refractivity contribution in [3.05, 3.63) is 17.3 Å². The van der Waals surface area contributed by atoms with Crippen LogP contribution in [0.2, 0.25) is 0 Å². The standard InChI is InChI=1S/C12H16ClN3S/c1-8(13)4-3-5-14-11-10-6-9(2)17-12(10)16-7-15-11/h6-8H,3-5H2,1-2H3,(H,14,15,16). The van der Waals surface area contributed by atoms with Crippen LogP contribution in [0, 0.1) is 6.92 Å². The van der Waals surface area contributed by atoms with Gasteiger partial charge >= 0.3 is 0 Å². The molecule has 0 amide bonds. The predicted molar refractivity (Wildman–Crippen MR) is 75.2 cm³/mol. The van der Waals surface area contributed by atoms with Crippen molar-refractivity contribution in [1.82, 2.24) is 9.97 Å². The molecule has 0 aromatic carbocycles. The summed E-state index contributed by atoms with van der Waals surface area (Å²) in [6.45, 7) is 5.01. The third kappa shape index (κ3) is 3.30. The minimum atomic E-state index is 0.241. The van der Waals surface area contributed by atoms with Crippen molar-refractivity contribution in [3.63, 3.8) is 0 Å². The molecule has 92 valence electrons. The summed E-state index contributed by atoms with van der Waals surface area (Å²) in [5.74, 6) is 0.932. The molecule has 5 heteroatoms. The van der Waals surface area contributed by atoms with Crippen LogP contribution < -0.4 is 5.32 Å². The highest BCUT2D eigenvalue weighted by Crippen LogP contribution is 2.27. The van der Waals surface area contributed by atoms with Crippen LogP contribution in [0.5, 0.6) is 0 Å². The van der Waals surface area contributed by atoms with Crippen molar-refractivity contribution < 1.29 is 0 Å². The quantitative estimate of drug-likeness (QED) is 0.662. The molecule has 2 rings (SSSR count). The summed E-state index contributed by atoms with van der Waals surface area (Å²) < 4.78 is 0. The molecule has 2 aromatic heterocycles. The van der Waals surface area contributed by atoms with Gasteiger partial charge in [-0.1, -0.05) is 0 Å². The highest BCUT2D eigenvalue weighted by Gasteiger charge is 2.06. The van der Waals surface area contributed by atoms with Gasteiger partial charge < -0.3 is 5.32 Å². The van der Waals surface area contributed by atoms with Gasteiger partial charge in [0.15, 0.2) is 0 Å². The fourth-order valence-corrected chi connectivity index (χ4v) is 2.71. The number of rotatable bonds is 5. The summed E-state index contributed by atoms with van der Waals surface area (Å²) in [6, 6.07) is 2.13. The maximum Gasteiger partial charge on any atom is 0.138 e. The lowest BCUT2D eigenvalue weighted by Crippen LogP contribution is -2.05. The Morgan fingerprint density at radius 3 is 3.06 bits per heavy atom. The number of thiophene rings is 1. The summed E-state index contributed by atoms with van der Waals surface area (Å²) >= 11 is 7.60. The van der Waals surface area contributed by atoms with Crippen LogP contribution in [0.4, 0.5) is 5.82 Å². The van der Waals surface area contributed by atoms with E-state index in [1.54, 1.807) is 17.7 Å². The largest absolute Gasteiger partial charge is 0.369 e. The van der Waals surface area contributed by atoms with Crippen LogP contribution in [0.1, 0.15) is 24.6 Å². The summed E-state index contributed by atoms with van der Waals surface area (Å²) in [5.41, 5.74) is 0. The number of halogens is 1. The molecule has 0 spiro atoms. The number of alkyl halides is 1. The molecule has 1 unspecified atom stereocenters. The van der Waals surface area contributed by atoms with E-state index >= 15 is 0 Å². The molecule has 0 saturated heterocycles. The Labute approximate surface area is 110 Å².